The molecule has 5 nitrogen and oxygen atoms in total. The van der Waals surface area contributed by atoms with Crippen molar-refractivity contribution in [3.63, 3.8) is 0 Å². The number of hydrogen-bond donors (Lipinski definition) is 1. The number of rotatable bonds is 3. The standard InChI is InChI=1S/C11H10ClN3O2/c1-7-14-10(17-15-7)6-13-11(16)8-4-2-3-5-9(8)12/h2-5H,6H2,1H3,(H,13,16). The molecule has 0 atom stereocenters. The molecule has 0 aliphatic rings. The molecular formula is C11H10ClN3O2. The Labute approximate surface area is 103 Å². The van der Waals surface area contributed by atoms with E-state index in [2.05, 4.69) is 15.5 Å². The van der Waals surface area contributed by atoms with Gasteiger partial charge in [-0.25, -0.2) is 0 Å². The molecule has 0 saturated heterocycles. The number of nitrogens with zero attached hydrogens (tertiary/aromatic N) is 2. The van der Waals surface area contributed by atoms with Crippen molar-refractivity contribution in [2.75, 3.05) is 0 Å². The Hall–Kier alpha value is -1.88. The Morgan fingerprint density at radius 3 is 2.88 bits per heavy atom. The second kappa shape index (κ2) is 4.97. The number of carbonyl (C=O) groups is 1. The average Bonchev–Trinajstić information content (AvgIpc) is 2.73. The van der Waals surface area contributed by atoms with Crippen LogP contribution in [0.15, 0.2) is 28.8 Å². The molecule has 0 saturated carbocycles. The van der Waals surface area contributed by atoms with Gasteiger partial charge in [0.2, 0.25) is 5.89 Å². The monoisotopic (exact) mass is 251 g/mol. The second-order valence-electron chi connectivity index (χ2n) is 3.40. The highest BCUT2D eigenvalue weighted by molar-refractivity contribution is 6.33. The van der Waals surface area contributed by atoms with E-state index in [0.29, 0.717) is 22.3 Å². The zero-order valence-electron chi connectivity index (χ0n) is 9.11. The van der Waals surface area contributed by atoms with Crippen LogP contribution in [0.25, 0.3) is 0 Å². The summed E-state index contributed by atoms with van der Waals surface area (Å²) in [6.45, 7) is 1.90. The first-order valence-corrected chi connectivity index (χ1v) is 5.36. The van der Waals surface area contributed by atoms with Crippen LogP contribution >= 0.6 is 11.6 Å². The fraction of sp³-hybridized carbons (Fsp3) is 0.182. The van der Waals surface area contributed by atoms with Crippen molar-refractivity contribution < 1.29 is 9.32 Å². The summed E-state index contributed by atoms with van der Waals surface area (Å²) in [4.78, 5) is 15.7. The first-order chi connectivity index (χ1) is 8.16. The third-order valence-corrected chi connectivity index (χ3v) is 2.42. The molecule has 17 heavy (non-hydrogen) atoms. The number of nitrogens with one attached hydrogen (secondary N) is 1. The molecule has 0 unspecified atom stereocenters. The minimum Gasteiger partial charge on any atom is -0.343 e. The first-order valence-electron chi connectivity index (χ1n) is 4.99. The molecule has 0 spiro atoms. The van der Waals surface area contributed by atoms with Crippen molar-refractivity contribution in [2.45, 2.75) is 13.5 Å². The molecule has 6 heteroatoms. The molecule has 1 aromatic heterocycles. The lowest BCUT2D eigenvalue weighted by atomic mass is 10.2. The van der Waals surface area contributed by atoms with Gasteiger partial charge in [0, 0.05) is 0 Å². The smallest absolute Gasteiger partial charge is 0.253 e. The maximum absolute atomic E-state index is 11.8. The molecule has 0 aliphatic heterocycles. The highest BCUT2D eigenvalue weighted by Crippen LogP contribution is 2.14. The molecule has 0 radical (unpaired) electrons. The van der Waals surface area contributed by atoms with Crippen molar-refractivity contribution in [1.82, 2.24) is 15.5 Å². The van der Waals surface area contributed by atoms with Gasteiger partial charge in [0.25, 0.3) is 5.91 Å². The summed E-state index contributed by atoms with van der Waals surface area (Å²) in [5.74, 6) is 0.626. The normalized spacial score (nSPS) is 10.2. The molecule has 1 amide bonds. The van der Waals surface area contributed by atoms with Gasteiger partial charge in [-0.2, -0.15) is 4.98 Å². The number of halogens is 1. The Balaban J connectivity index is 2.01. The summed E-state index contributed by atoms with van der Waals surface area (Å²) < 4.78 is 4.87. The van der Waals surface area contributed by atoms with Gasteiger partial charge in [-0.05, 0) is 19.1 Å². The fourth-order valence-corrected chi connectivity index (χ4v) is 1.53. The molecule has 1 N–H and O–H groups in total. The van der Waals surface area contributed by atoms with E-state index in [1.54, 1.807) is 31.2 Å². The largest absolute Gasteiger partial charge is 0.343 e. The summed E-state index contributed by atoms with van der Waals surface area (Å²) >= 11 is 5.89. The molecule has 1 aromatic carbocycles. The van der Waals surface area contributed by atoms with Crippen LogP contribution in [0.3, 0.4) is 0 Å². The minimum absolute atomic E-state index is 0.185. The van der Waals surface area contributed by atoms with Crippen LogP contribution in [0.5, 0.6) is 0 Å². The van der Waals surface area contributed by atoms with E-state index in [-0.39, 0.29) is 12.5 Å². The Morgan fingerprint density at radius 2 is 2.24 bits per heavy atom. The molecular weight excluding hydrogens is 242 g/mol. The van der Waals surface area contributed by atoms with Gasteiger partial charge in [0.15, 0.2) is 5.82 Å². The predicted molar refractivity (Wildman–Crippen MR) is 61.7 cm³/mol. The molecule has 0 aliphatic carbocycles. The van der Waals surface area contributed by atoms with Crippen molar-refractivity contribution >= 4 is 17.5 Å². The maximum Gasteiger partial charge on any atom is 0.253 e. The first kappa shape index (κ1) is 11.6. The molecule has 88 valence electrons. The highest BCUT2D eigenvalue weighted by atomic mass is 35.5. The van der Waals surface area contributed by atoms with Crippen molar-refractivity contribution in [3.05, 3.63) is 46.6 Å². The summed E-state index contributed by atoms with van der Waals surface area (Å²) in [5, 5.41) is 6.68. The van der Waals surface area contributed by atoms with Crippen LogP contribution in [-0.4, -0.2) is 16.0 Å². The quantitative estimate of drug-likeness (QED) is 0.906. The molecule has 2 aromatic rings. The maximum atomic E-state index is 11.8. The van der Waals surface area contributed by atoms with E-state index in [0.717, 1.165) is 0 Å². The van der Waals surface area contributed by atoms with Crippen LogP contribution in [0.2, 0.25) is 5.02 Å². The minimum atomic E-state index is -0.272. The lowest BCUT2D eigenvalue weighted by Gasteiger charge is -2.03. The third-order valence-electron chi connectivity index (χ3n) is 2.09. The van der Waals surface area contributed by atoms with Crippen LogP contribution in [0.1, 0.15) is 22.1 Å². The molecule has 1 heterocycles. The van der Waals surface area contributed by atoms with E-state index >= 15 is 0 Å². The van der Waals surface area contributed by atoms with Gasteiger partial charge in [0.1, 0.15) is 0 Å². The van der Waals surface area contributed by atoms with E-state index in [9.17, 15) is 4.79 Å². The van der Waals surface area contributed by atoms with Crippen LogP contribution in [0.4, 0.5) is 0 Å². The fourth-order valence-electron chi connectivity index (χ4n) is 1.31. The second-order valence-corrected chi connectivity index (χ2v) is 3.81. The van der Waals surface area contributed by atoms with Crippen molar-refractivity contribution in [3.8, 4) is 0 Å². The zero-order valence-corrected chi connectivity index (χ0v) is 9.86. The van der Waals surface area contributed by atoms with E-state index in [1.165, 1.54) is 0 Å². The van der Waals surface area contributed by atoms with Crippen molar-refractivity contribution in [2.24, 2.45) is 0 Å². The SMILES string of the molecule is Cc1noc(CNC(=O)c2ccccc2Cl)n1. The zero-order chi connectivity index (χ0) is 12.3. The van der Waals surface area contributed by atoms with E-state index < -0.39 is 0 Å². The number of benzene rings is 1. The average molecular weight is 252 g/mol. The summed E-state index contributed by atoms with van der Waals surface area (Å²) in [7, 11) is 0. The van der Waals surface area contributed by atoms with Crippen LogP contribution < -0.4 is 5.32 Å². The van der Waals surface area contributed by atoms with Gasteiger partial charge < -0.3 is 9.84 Å². The van der Waals surface area contributed by atoms with Gasteiger partial charge in [-0.15, -0.1) is 0 Å². The Bertz CT molecular complexity index is 539. The Morgan fingerprint density at radius 1 is 1.47 bits per heavy atom. The lowest BCUT2D eigenvalue weighted by Crippen LogP contribution is -2.23. The number of amides is 1. The van der Waals surface area contributed by atoms with Gasteiger partial charge in [-0.3, -0.25) is 4.79 Å². The number of carbonyl (C=O) groups excluding carboxylic acids is 1. The lowest BCUT2D eigenvalue weighted by molar-refractivity contribution is 0.0946. The van der Waals surface area contributed by atoms with Crippen LogP contribution in [0, 0.1) is 6.92 Å². The van der Waals surface area contributed by atoms with Gasteiger partial charge in [0.05, 0.1) is 17.1 Å². The Kier molecular flexibility index (Phi) is 3.39. The van der Waals surface area contributed by atoms with Crippen molar-refractivity contribution in [1.29, 1.82) is 0 Å². The number of hydrogen-bond acceptors (Lipinski definition) is 4. The van der Waals surface area contributed by atoms with E-state index in [4.69, 9.17) is 16.1 Å². The molecule has 0 fully saturated rings. The topological polar surface area (TPSA) is 68.0 Å². The summed E-state index contributed by atoms with van der Waals surface area (Å²) in [6, 6.07) is 6.82. The summed E-state index contributed by atoms with van der Waals surface area (Å²) in [6.07, 6.45) is 0. The molecule has 0 bridgehead atoms. The molecule has 2 rings (SSSR count). The van der Waals surface area contributed by atoms with Gasteiger partial charge >= 0.3 is 0 Å². The van der Waals surface area contributed by atoms with Gasteiger partial charge in [-0.1, -0.05) is 28.9 Å². The van der Waals surface area contributed by atoms with Crippen LogP contribution in [-0.2, 0) is 6.54 Å². The predicted octanol–water partition coefficient (Wildman–Crippen LogP) is 1.96. The summed E-state index contributed by atoms with van der Waals surface area (Å²) in [5.41, 5.74) is 0.422. The number of aromatic nitrogens is 2. The van der Waals surface area contributed by atoms with E-state index in [1.807, 2.05) is 0 Å². The third kappa shape index (κ3) is 2.82. The number of aryl methyl sites for hydroxylation is 1. The highest BCUT2D eigenvalue weighted by Gasteiger charge is 2.10.